The van der Waals surface area contributed by atoms with Gasteiger partial charge in [-0.1, -0.05) is 6.07 Å². The van der Waals surface area contributed by atoms with E-state index in [1.807, 2.05) is 0 Å². The molecule has 152 valence electrons. The van der Waals surface area contributed by atoms with Gasteiger partial charge in [-0.05, 0) is 48.9 Å². The van der Waals surface area contributed by atoms with Crippen LogP contribution in [-0.2, 0) is 12.7 Å². The maximum atomic E-state index is 12.5. The molecule has 0 saturated heterocycles. The van der Waals surface area contributed by atoms with Crippen LogP contribution in [0.5, 0.6) is 11.5 Å². The van der Waals surface area contributed by atoms with Gasteiger partial charge in [0.05, 0.1) is 12.2 Å². The molecule has 28 heavy (non-hydrogen) atoms. The lowest BCUT2D eigenvalue weighted by Crippen LogP contribution is -2.28. The SMILES string of the molecule is CCOc1cc(CNC(=O)Nc2ccc(C(F)(F)F)cc2)ccc1OC(F)F. The Hall–Kier alpha value is -3.04. The molecule has 0 aliphatic heterocycles. The van der Waals surface area contributed by atoms with Crippen LogP contribution in [0.3, 0.4) is 0 Å². The summed E-state index contributed by atoms with van der Waals surface area (Å²) in [5.41, 5.74) is -0.0955. The zero-order valence-electron chi connectivity index (χ0n) is 14.6. The monoisotopic (exact) mass is 404 g/mol. The Balaban J connectivity index is 1.95. The molecule has 0 aromatic heterocycles. The smallest absolute Gasteiger partial charge is 0.416 e. The molecule has 0 aliphatic carbocycles. The van der Waals surface area contributed by atoms with Gasteiger partial charge in [0.1, 0.15) is 0 Å². The van der Waals surface area contributed by atoms with Crippen LogP contribution in [0.1, 0.15) is 18.1 Å². The van der Waals surface area contributed by atoms with Crippen molar-refractivity contribution in [3.8, 4) is 11.5 Å². The lowest BCUT2D eigenvalue weighted by atomic mass is 10.2. The van der Waals surface area contributed by atoms with E-state index in [4.69, 9.17) is 4.74 Å². The molecule has 0 unspecified atom stereocenters. The van der Waals surface area contributed by atoms with Crippen LogP contribution in [0, 0.1) is 0 Å². The second-order valence-corrected chi connectivity index (χ2v) is 5.48. The molecule has 2 amide bonds. The van der Waals surface area contributed by atoms with Gasteiger partial charge in [-0.25, -0.2) is 4.79 Å². The molecule has 2 N–H and O–H groups in total. The van der Waals surface area contributed by atoms with Gasteiger partial charge in [-0.2, -0.15) is 22.0 Å². The largest absolute Gasteiger partial charge is 0.490 e. The third-order valence-corrected chi connectivity index (χ3v) is 3.45. The Morgan fingerprint density at radius 1 is 1.07 bits per heavy atom. The molecule has 0 aliphatic rings. The van der Waals surface area contributed by atoms with Crippen LogP contribution in [0.2, 0.25) is 0 Å². The average molecular weight is 404 g/mol. The van der Waals surface area contributed by atoms with Gasteiger partial charge < -0.3 is 20.1 Å². The molecular formula is C18H17F5N2O3. The number of anilines is 1. The Morgan fingerprint density at radius 2 is 1.75 bits per heavy atom. The highest BCUT2D eigenvalue weighted by molar-refractivity contribution is 5.89. The van der Waals surface area contributed by atoms with E-state index in [-0.39, 0.29) is 30.3 Å². The number of nitrogens with one attached hydrogen (secondary N) is 2. The quantitative estimate of drug-likeness (QED) is 0.637. The van der Waals surface area contributed by atoms with E-state index in [2.05, 4.69) is 15.4 Å². The zero-order valence-corrected chi connectivity index (χ0v) is 14.6. The Bertz CT molecular complexity index is 795. The van der Waals surface area contributed by atoms with Crippen molar-refractivity contribution in [3.05, 3.63) is 53.6 Å². The molecule has 0 bridgehead atoms. The normalized spacial score (nSPS) is 11.2. The van der Waals surface area contributed by atoms with Crippen LogP contribution in [-0.4, -0.2) is 19.2 Å². The Labute approximate surface area is 157 Å². The maximum absolute atomic E-state index is 12.5. The van der Waals surface area contributed by atoms with Crippen LogP contribution >= 0.6 is 0 Å². The number of amides is 2. The van der Waals surface area contributed by atoms with Gasteiger partial charge in [0.2, 0.25) is 0 Å². The molecule has 2 aromatic carbocycles. The predicted octanol–water partition coefficient (Wildman–Crippen LogP) is 5.03. The number of carbonyl (C=O) groups excluding carboxylic acids is 1. The molecule has 0 fully saturated rings. The number of benzene rings is 2. The number of halogens is 5. The minimum absolute atomic E-state index is 0.0293. The predicted molar refractivity (Wildman–Crippen MR) is 91.5 cm³/mol. The number of carbonyl (C=O) groups is 1. The molecule has 0 heterocycles. The van der Waals surface area contributed by atoms with Crippen molar-refractivity contribution in [3.63, 3.8) is 0 Å². The topological polar surface area (TPSA) is 59.6 Å². The van der Waals surface area contributed by atoms with Crippen molar-refractivity contribution >= 4 is 11.7 Å². The lowest BCUT2D eigenvalue weighted by Gasteiger charge is -2.13. The third kappa shape index (κ3) is 6.29. The minimum atomic E-state index is -4.46. The van der Waals surface area contributed by atoms with Crippen molar-refractivity contribution in [2.24, 2.45) is 0 Å². The van der Waals surface area contributed by atoms with Crippen molar-refractivity contribution in [2.75, 3.05) is 11.9 Å². The first kappa shape index (κ1) is 21.3. The van der Waals surface area contributed by atoms with Crippen molar-refractivity contribution in [2.45, 2.75) is 26.3 Å². The highest BCUT2D eigenvalue weighted by atomic mass is 19.4. The fraction of sp³-hybridized carbons (Fsp3) is 0.278. The van der Waals surface area contributed by atoms with Gasteiger partial charge >= 0.3 is 18.8 Å². The summed E-state index contributed by atoms with van der Waals surface area (Å²) < 4.78 is 71.9. The fourth-order valence-electron chi connectivity index (χ4n) is 2.22. The van der Waals surface area contributed by atoms with Crippen LogP contribution < -0.4 is 20.1 Å². The van der Waals surface area contributed by atoms with E-state index in [0.717, 1.165) is 24.3 Å². The Morgan fingerprint density at radius 3 is 2.32 bits per heavy atom. The second kappa shape index (κ2) is 9.25. The third-order valence-electron chi connectivity index (χ3n) is 3.45. The molecular weight excluding hydrogens is 387 g/mol. The molecule has 2 rings (SSSR count). The van der Waals surface area contributed by atoms with Gasteiger partial charge in [-0.15, -0.1) is 0 Å². The molecule has 0 saturated carbocycles. The highest BCUT2D eigenvalue weighted by Crippen LogP contribution is 2.30. The summed E-state index contributed by atoms with van der Waals surface area (Å²) >= 11 is 0. The van der Waals surface area contributed by atoms with Crippen molar-refractivity contribution in [1.82, 2.24) is 5.32 Å². The zero-order chi connectivity index (χ0) is 20.7. The minimum Gasteiger partial charge on any atom is -0.490 e. The first-order chi connectivity index (χ1) is 13.2. The maximum Gasteiger partial charge on any atom is 0.416 e. The number of ether oxygens (including phenoxy) is 2. The number of hydrogen-bond acceptors (Lipinski definition) is 3. The average Bonchev–Trinajstić information content (AvgIpc) is 2.61. The van der Waals surface area contributed by atoms with Gasteiger partial charge in [-0.3, -0.25) is 0 Å². The summed E-state index contributed by atoms with van der Waals surface area (Å²) in [6, 6.07) is 7.53. The van der Waals surface area contributed by atoms with E-state index >= 15 is 0 Å². The number of alkyl halides is 5. The summed E-state index contributed by atoms with van der Waals surface area (Å²) in [6.45, 7) is -1.07. The van der Waals surface area contributed by atoms with E-state index in [1.54, 1.807) is 6.92 Å². The van der Waals surface area contributed by atoms with Gasteiger partial charge in [0, 0.05) is 12.2 Å². The van der Waals surface area contributed by atoms with Crippen LogP contribution in [0.15, 0.2) is 42.5 Å². The molecule has 0 radical (unpaired) electrons. The van der Waals surface area contributed by atoms with E-state index < -0.39 is 24.4 Å². The number of rotatable bonds is 7. The van der Waals surface area contributed by atoms with Gasteiger partial charge in [0.25, 0.3) is 0 Å². The first-order valence-electron chi connectivity index (χ1n) is 8.11. The number of urea groups is 1. The summed E-state index contributed by atoms with van der Waals surface area (Å²) in [6.07, 6.45) is -4.46. The van der Waals surface area contributed by atoms with Crippen LogP contribution in [0.25, 0.3) is 0 Å². The molecule has 5 nitrogen and oxygen atoms in total. The summed E-state index contributed by atoms with van der Waals surface area (Å²) in [5.74, 6) is -0.0277. The van der Waals surface area contributed by atoms with Crippen molar-refractivity contribution in [1.29, 1.82) is 0 Å². The molecule has 0 atom stereocenters. The summed E-state index contributed by atoms with van der Waals surface area (Å²) in [5, 5.41) is 4.90. The molecule has 0 spiro atoms. The number of hydrogen-bond donors (Lipinski definition) is 2. The van der Waals surface area contributed by atoms with E-state index in [9.17, 15) is 26.7 Å². The molecule has 2 aromatic rings. The van der Waals surface area contributed by atoms with Crippen molar-refractivity contribution < 1.29 is 36.2 Å². The lowest BCUT2D eigenvalue weighted by molar-refractivity contribution is -0.137. The standard InChI is InChI=1S/C18H17F5N2O3/c1-2-27-15-9-11(3-8-14(15)28-16(19)20)10-24-17(26)25-13-6-4-12(5-7-13)18(21,22)23/h3-9,16H,2,10H2,1H3,(H2,24,25,26). The van der Waals surface area contributed by atoms with E-state index in [1.165, 1.54) is 18.2 Å². The summed E-state index contributed by atoms with van der Waals surface area (Å²) in [4.78, 5) is 11.9. The fourth-order valence-corrected chi connectivity index (χ4v) is 2.22. The highest BCUT2D eigenvalue weighted by Gasteiger charge is 2.29. The van der Waals surface area contributed by atoms with Crippen LogP contribution in [0.4, 0.5) is 32.4 Å². The van der Waals surface area contributed by atoms with Gasteiger partial charge in [0.15, 0.2) is 11.5 Å². The van der Waals surface area contributed by atoms with E-state index in [0.29, 0.717) is 5.56 Å². The Kier molecular flexibility index (Phi) is 7.02. The summed E-state index contributed by atoms with van der Waals surface area (Å²) in [7, 11) is 0. The molecule has 10 heteroatoms. The first-order valence-corrected chi connectivity index (χ1v) is 8.11. The second-order valence-electron chi connectivity index (χ2n) is 5.48.